The Morgan fingerprint density at radius 2 is 1.11 bits per heavy atom. The van der Waals surface area contributed by atoms with Crippen LogP contribution in [0.4, 0.5) is 0 Å². The summed E-state index contributed by atoms with van der Waals surface area (Å²) in [5, 5.41) is 41.1. The van der Waals surface area contributed by atoms with Gasteiger partial charge in [-0.3, -0.25) is 38.4 Å². The minimum Gasteiger partial charge on any atom is -0.508 e. The Bertz CT molecular complexity index is 2810. The lowest BCUT2D eigenvalue weighted by molar-refractivity contribution is -0.135. The molecule has 0 fully saturated rings. The van der Waals surface area contributed by atoms with Crippen molar-refractivity contribution in [3.8, 4) is 5.75 Å². The van der Waals surface area contributed by atoms with E-state index in [1.807, 2.05) is 60.7 Å². The number of thiol groups is 2. The van der Waals surface area contributed by atoms with Crippen LogP contribution in [-0.2, 0) is 57.6 Å². The van der Waals surface area contributed by atoms with Gasteiger partial charge in [0.25, 0.3) is 0 Å². The third-order valence-corrected chi connectivity index (χ3v) is 13.4. The fourth-order valence-electron chi connectivity index (χ4n) is 8.35. The summed E-state index contributed by atoms with van der Waals surface area (Å²) in [5.41, 5.74) is 20.2. The molecule has 0 saturated carbocycles. The molecule has 0 spiro atoms. The number of carbonyl (C=O) groups excluding carboxylic acids is 8. The fourth-order valence-corrected chi connectivity index (χ4v) is 8.86. The number of unbranched alkanes of at least 4 members (excludes halogenated alkanes) is 1. The number of aromatic hydroxyl groups is 1. The van der Waals surface area contributed by atoms with E-state index in [2.05, 4.69) is 67.5 Å². The number of hydrogen-bond acceptors (Lipinski definition) is 14. The number of nitrogens with two attached hydrogens (primary N) is 3. The van der Waals surface area contributed by atoms with Crippen molar-refractivity contribution in [1.29, 1.82) is 0 Å². The maximum Gasteiger partial charge on any atom is 0.244 e. The number of H-pyrrole nitrogens is 1. The molecule has 1 heterocycles. The van der Waals surface area contributed by atoms with Gasteiger partial charge >= 0.3 is 0 Å². The van der Waals surface area contributed by atoms with Crippen molar-refractivity contribution in [3.63, 3.8) is 0 Å². The molecule has 0 aliphatic rings. The van der Waals surface area contributed by atoms with Gasteiger partial charge in [0.1, 0.15) is 48.0 Å². The van der Waals surface area contributed by atoms with E-state index < -0.39 is 102 Å². The number of rotatable bonds is 29. The number of fused-ring (bicyclic) bond motifs is 2. The van der Waals surface area contributed by atoms with Crippen molar-refractivity contribution in [2.24, 2.45) is 17.2 Å². The van der Waals surface area contributed by atoms with Gasteiger partial charge in [-0.15, -0.1) is 0 Å². The van der Waals surface area contributed by atoms with Crippen molar-refractivity contribution in [1.82, 2.24) is 42.2 Å². The second-order valence-electron chi connectivity index (χ2n) is 18.5. The van der Waals surface area contributed by atoms with Crippen LogP contribution >= 0.6 is 25.3 Å². The standard InChI is InChI=1S/C53H69N11O10S2/c1-3-38(48(69)63-44(28-76)53(74)64-45(29(2)65)46(56)67)58-49(70)40(14-8-9-21-54)59-51(72)42(25-34-26-57-39-13-7-6-12-36(34)39)61-50(71)41(24-30-16-19-35(66)20-17-30)60-52(73)43(27-75)62-47(68)37(55)23-31-15-18-32-10-4-5-11-33(32)22-31/h4-7,10-13,15-20,22,26,29,37-38,40-45,57,65-66,75-76H,3,8-9,14,21,23-25,27-28,54-55H2,1-2H3,(H2,56,67)(H,58,70)(H,59,72)(H,60,73)(H,61,71)(H,62,68)(H,63,69)(H,64,74)/t29-,37-,38+,40+,41+,42-,43+,44+,45+/m1/s1. The number of phenols is 1. The Balaban J connectivity index is 1.37. The zero-order valence-electron chi connectivity index (χ0n) is 42.3. The van der Waals surface area contributed by atoms with Gasteiger partial charge in [0.2, 0.25) is 47.3 Å². The number of hydrogen-bond donors (Lipinski definition) is 15. The lowest BCUT2D eigenvalue weighted by Gasteiger charge is -2.28. The number of aromatic nitrogens is 1. The van der Waals surface area contributed by atoms with Crippen LogP contribution < -0.4 is 54.4 Å². The number of phenolic OH excluding ortho intramolecular Hbond substituents is 1. The number of benzene rings is 4. The van der Waals surface area contributed by atoms with Crippen molar-refractivity contribution in [2.45, 2.75) is 113 Å². The Labute approximate surface area is 451 Å². The third-order valence-electron chi connectivity index (χ3n) is 12.7. The lowest BCUT2D eigenvalue weighted by Crippen LogP contribution is -2.61. The quantitative estimate of drug-likeness (QED) is 0.0223. The summed E-state index contributed by atoms with van der Waals surface area (Å²) in [6.45, 7) is 3.12. The topological polar surface area (TPSA) is 355 Å². The molecule has 408 valence electrons. The molecule has 5 aromatic rings. The molecule has 0 saturated heterocycles. The average Bonchev–Trinajstić information content (AvgIpc) is 3.81. The lowest BCUT2D eigenvalue weighted by atomic mass is 10.0. The van der Waals surface area contributed by atoms with E-state index in [1.165, 1.54) is 19.1 Å². The fraction of sp³-hybridized carbons (Fsp3) is 0.396. The van der Waals surface area contributed by atoms with E-state index in [0.29, 0.717) is 24.0 Å². The van der Waals surface area contributed by atoms with E-state index in [0.717, 1.165) is 27.2 Å². The molecule has 4 aromatic carbocycles. The smallest absolute Gasteiger partial charge is 0.244 e. The number of nitrogens with one attached hydrogen (secondary N) is 8. The monoisotopic (exact) mass is 1080 g/mol. The van der Waals surface area contributed by atoms with Crippen molar-refractivity contribution < 1.29 is 48.6 Å². The second-order valence-corrected chi connectivity index (χ2v) is 19.2. The van der Waals surface area contributed by atoms with Gasteiger partial charge in [0, 0.05) is 41.4 Å². The maximum absolute atomic E-state index is 14.7. The molecule has 21 nitrogen and oxygen atoms in total. The molecule has 0 unspecified atom stereocenters. The van der Waals surface area contributed by atoms with Gasteiger partial charge in [-0.1, -0.05) is 79.7 Å². The van der Waals surface area contributed by atoms with Crippen molar-refractivity contribution in [3.05, 3.63) is 114 Å². The molecule has 0 radical (unpaired) electrons. The van der Waals surface area contributed by atoms with E-state index >= 15 is 0 Å². The summed E-state index contributed by atoms with van der Waals surface area (Å²) in [7, 11) is 0. The number of aliphatic hydroxyl groups excluding tert-OH is 1. The molecule has 0 aliphatic carbocycles. The first-order chi connectivity index (χ1) is 36.3. The molecule has 16 N–H and O–H groups in total. The first-order valence-electron chi connectivity index (χ1n) is 24.9. The van der Waals surface area contributed by atoms with E-state index in [4.69, 9.17) is 17.2 Å². The van der Waals surface area contributed by atoms with Crippen LogP contribution in [0.25, 0.3) is 21.7 Å². The van der Waals surface area contributed by atoms with Crippen LogP contribution in [0.15, 0.2) is 97.2 Å². The number of amides is 8. The second kappa shape index (κ2) is 29.2. The van der Waals surface area contributed by atoms with E-state index in [1.54, 1.807) is 31.3 Å². The zero-order valence-corrected chi connectivity index (χ0v) is 44.1. The molecular formula is C53H69N11O10S2. The average molecular weight is 1080 g/mol. The highest BCUT2D eigenvalue weighted by Gasteiger charge is 2.35. The molecule has 23 heteroatoms. The summed E-state index contributed by atoms with van der Waals surface area (Å²) in [6, 6.07) is 16.3. The van der Waals surface area contributed by atoms with Crippen LogP contribution in [0.2, 0.25) is 0 Å². The largest absolute Gasteiger partial charge is 0.508 e. The summed E-state index contributed by atoms with van der Waals surface area (Å²) in [4.78, 5) is 113. The summed E-state index contributed by atoms with van der Waals surface area (Å²) in [6.07, 6.45) is 1.17. The van der Waals surface area contributed by atoms with Gasteiger partial charge in [0.15, 0.2) is 0 Å². The Morgan fingerprint density at radius 3 is 1.72 bits per heavy atom. The molecule has 0 bridgehead atoms. The highest BCUT2D eigenvalue weighted by atomic mass is 32.1. The van der Waals surface area contributed by atoms with Gasteiger partial charge in [0.05, 0.1) is 12.1 Å². The number of para-hydroxylation sites is 1. The van der Waals surface area contributed by atoms with Crippen LogP contribution in [0.5, 0.6) is 5.75 Å². The van der Waals surface area contributed by atoms with Gasteiger partial charge in [-0.2, -0.15) is 25.3 Å². The SMILES string of the molecule is CC[C@H](NC(=O)[C@H](CCCCN)NC(=O)[C@@H](Cc1c[nH]c2ccccc12)NC(=O)[C@H](Cc1ccc(O)cc1)NC(=O)[C@H](CS)NC(=O)[C@H](N)Cc1ccc2ccccc2c1)C(=O)N[C@@H](CS)C(=O)N[C@H](C(N)=O)[C@@H](C)O. The highest BCUT2D eigenvalue weighted by Crippen LogP contribution is 2.21. The van der Waals surface area contributed by atoms with Gasteiger partial charge in [-0.25, -0.2) is 0 Å². The van der Waals surface area contributed by atoms with Crippen LogP contribution in [0.3, 0.4) is 0 Å². The minimum atomic E-state index is -1.46. The summed E-state index contributed by atoms with van der Waals surface area (Å²) >= 11 is 8.51. The molecule has 76 heavy (non-hydrogen) atoms. The summed E-state index contributed by atoms with van der Waals surface area (Å²) < 4.78 is 0. The minimum absolute atomic E-state index is 0.0306. The maximum atomic E-state index is 14.7. The number of aliphatic hydroxyl groups is 1. The Kier molecular flexibility index (Phi) is 22.9. The van der Waals surface area contributed by atoms with E-state index in [-0.39, 0.29) is 55.9 Å². The van der Waals surface area contributed by atoms with Crippen molar-refractivity contribution in [2.75, 3.05) is 18.1 Å². The van der Waals surface area contributed by atoms with Gasteiger partial charge < -0.3 is 69.6 Å². The molecular weight excluding hydrogens is 1010 g/mol. The number of primary amides is 1. The van der Waals surface area contributed by atoms with Crippen molar-refractivity contribution >= 4 is 94.2 Å². The van der Waals surface area contributed by atoms with E-state index in [9.17, 15) is 48.6 Å². The molecule has 8 amide bonds. The van der Waals surface area contributed by atoms with Crippen LogP contribution in [-0.4, -0.2) is 135 Å². The van der Waals surface area contributed by atoms with Crippen LogP contribution in [0, 0.1) is 0 Å². The predicted octanol–water partition coefficient (Wildman–Crippen LogP) is 0.0402. The third kappa shape index (κ3) is 17.2. The summed E-state index contributed by atoms with van der Waals surface area (Å²) in [5.74, 6) is -6.92. The first kappa shape index (κ1) is 59.7. The predicted molar refractivity (Wildman–Crippen MR) is 295 cm³/mol. The first-order valence-corrected chi connectivity index (χ1v) is 26.2. The van der Waals surface area contributed by atoms with Crippen LogP contribution in [0.1, 0.15) is 56.2 Å². The number of carbonyl (C=O) groups is 8. The highest BCUT2D eigenvalue weighted by molar-refractivity contribution is 7.80. The molecule has 5 rings (SSSR count). The molecule has 0 aliphatic heterocycles. The molecule has 9 atom stereocenters. The Morgan fingerprint density at radius 1 is 0.592 bits per heavy atom. The number of aromatic amines is 1. The van der Waals surface area contributed by atoms with Gasteiger partial charge in [-0.05, 0) is 91.2 Å². The zero-order chi connectivity index (χ0) is 55.5. The molecule has 1 aromatic heterocycles. The Hall–Kier alpha value is -7.18. The normalized spacial score (nSPS) is 14.8.